The first-order chi connectivity index (χ1) is 7.83. The zero-order valence-corrected chi connectivity index (χ0v) is 9.86. The Morgan fingerprint density at radius 2 is 2.50 bits per heavy atom. The molecule has 1 aliphatic rings. The monoisotopic (exact) mass is 220 g/mol. The average molecular weight is 220 g/mol. The predicted molar refractivity (Wildman–Crippen MR) is 64.1 cm³/mol. The van der Waals surface area contributed by atoms with Gasteiger partial charge in [-0.25, -0.2) is 0 Å². The lowest BCUT2D eigenvalue weighted by Crippen LogP contribution is -2.30. The average Bonchev–Trinajstić information content (AvgIpc) is 2.39. The quantitative estimate of drug-likeness (QED) is 0.848. The van der Waals surface area contributed by atoms with Crippen LogP contribution in [0.15, 0.2) is 18.3 Å². The number of hydrogen-bond donors (Lipinski definition) is 1. The summed E-state index contributed by atoms with van der Waals surface area (Å²) in [7, 11) is 0. The number of rotatable bonds is 3. The highest BCUT2D eigenvalue weighted by Crippen LogP contribution is 2.27. The number of ether oxygens (including phenoxy) is 1. The van der Waals surface area contributed by atoms with Gasteiger partial charge in [0.1, 0.15) is 0 Å². The maximum atomic E-state index is 6.30. The molecule has 1 aromatic rings. The van der Waals surface area contributed by atoms with Crippen LogP contribution in [0, 0.1) is 5.92 Å². The summed E-state index contributed by atoms with van der Waals surface area (Å²) in [5.74, 6) is 0.425. The van der Waals surface area contributed by atoms with Crippen molar-refractivity contribution in [1.82, 2.24) is 4.98 Å². The minimum atomic E-state index is 0.0245. The molecule has 2 atom stereocenters. The minimum absolute atomic E-state index is 0.0245. The van der Waals surface area contributed by atoms with Gasteiger partial charge in [0.05, 0.1) is 18.3 Å². The van der Waals surface area contributed by atoms with Crippen molar-refractivity contribution in [2.75, 3.05) is 13.2 Å². The number of nitrogens with two attached hydrogens (primary N) is 1. The van der Waals surface area contributed by atoms with E-state index in [1.54, 1.807) is 0 Å². The summed E-state index contributed by atoms with van der Waals surface area (Å²) < 4.78 is 5.49. The van der Waals surface area contributed by atoms with Gasteiger partial charge in [-0.3, -0.25) is 4.98 Å². The summed E-state index contributed by atoms with van der Waals surface area (Å²) in [4.78, 5) is 4.44. The Balaban J connectivity index is 2.15. The first-order valence-corrected chi connectivity index (χ1v) is 6.10. The Hall–Kier alpha value is -0.930. The molecule has 0 saturated carbocycles. The molecule has 0 spiro atoms. The lowest BCUT2D eigenvalue weighted by atomic mass is 9.90. The van der Waals surface area contributed by atoms with E-state index < -0.39 is 0 Å². The molecule has 2 heterocycles. The molecule has 3 nitrogen and oxygen atoms in total. The number of aryl methyl sites for hydroxylation is 1. The summed E-state index contributed by atoms with van der Waals surface area (Å²) in [6, 6.07) is 4.12. The molecule has 0 radical (unpaired) electrons. The Kier molecular flexibility index (Phi) is 3.91. The molecule has 1 fully saturated rings. The molecule has 2 unspecified atom stereocenters. The van der Waals surface area contributed by atoms with Crippen molar-refractivity contribution in [1.29, 1.82) is 0 Å². The SMILES string of the molecule is CCc1cccnc1C(N)C1CCCOC1. The van der Waals surface area contributed by atoms with Gasteiger partial charge >= 0.3 is 0 Å². The van der Waals surface area contributed by atoms with Gasteiger partial charge in [-0.1, -0.05) is 13.0 Å². The molecule has 1 aliphatic heterocycles. The second-order valence-electron chi connectivity index (χ2n) is 4.40. The molecule has 88 valence electrons. The third kappa shape index (κ3) is 2.42. The molecular weight excluding hydrogens is 200 g/mol. The molecule has 0 aliphatic carbocycles. The van der Waals surface area contributed by atoms with E-state index in [4.69, 9.17) is 10.5 Å². The maximum Gasteiger partial charge on any atom is 0.0606 e. The molecule has 1 saturated heterocycles. The van der Waals surface area contributed by atoms with Gasteiger partial charge in [0.2, 0.25) is 0 Å². The highest BCUT2D eigenvalue weighted by atomic mass is 16.5. The topological polar surface area (TPSA) is 48.1 Å². The molecular formula is C13H20N2O. The third-order valence-corrected chi connectivity index (χ3v) is 3.33. The summed E-state index contributed by atoms with van der Waals surface area (Å²) in [5.41, 5.74) is 8.62. The highest BCUT2D eigenvalue weighted by molar-refractivity contribution is 5.23. The van der Waals surface area contributed by atoms with E-state index in [0.717, 1.165) is 38.2 Å². The van der Waals surface area contributed by atoms with E-state index >= 15 is 0 Å². The fraction of sp³-hybridized carbons (Fsp3) is 0.615. The third-order valence-electron chi connectivity index (χ3n) is 3.33. The highest BCUT2D eigenvalue weighted by Gasteiger charge is 2.24. The van der Waals surface area contributed by atoms with Crippen LogP contribution in [0.1, 0.15) is 37.1 Å². The number of aromatic nitrogens is 1. The number of pyridine rings is 1. The Labute approximate surface area is 97.0 Å². The van der Waals surface area contributed by atoms with Gasteiger partial charge in [-0.2, -0.15) is 0 Å². The molecule has 1 aromatic heterocycles. The zero-order valence-electron chi connectivity index (χ0n) is 9.86. The predicted octanol–water partition coefficient (Wildman–Crippen LogP) is 2.07. The van der Waals surface area contributed by atoms with Crippen LogP contribution in [0.4, 0.5) is 0 Å². The maximum absolute atomic E-state index is 6.30. The Bertz CT molecular complexity index is 334. The molecule has 0 amide bonds. The van der Waals surface area contributed by atoms with Gasteiger partial charge in [-0.15, -0.1) is 0 Å². The first-order valence-electron chi connectivity index (χ1n) is 6.10. The second-order valence-corrected chi connectivity index (χ2v) is 4.40. The van der Waals surface area contributed by atoms with Crippen molar-refractivity contribution in [3.8, 4) is 0 Å². The van der Waals surface area contributed by atoms with Gasteiger partial charge in [0.25, 0.3) is 0 Å². The molecule has 0 aromatic carbocycles. The normalized spacial score (nSPS) is 23.0. The van der Waals surface area contributed by atoms with Gasteiger partial charge in [-0.05, 0) is 30.9 Å². The van der Waals surface area contributed by atoms with Crippen molar-refractivity contribution in [3.05, 3.63) is 29.6 Å². The van der Waals surface area contributed by atoms with Crippen LogP contribution in [-0.2, 0) is 11.2 Å². The van der Waals surface area contributed by atoms with Crippen LogP contribution < -0.4 is 5.73 Å². The largest absolute Gasteiger partial charge is 0.381 e. The van der Waals surface area contributed by atoms with E-state index in [2.05, 4.69) is 18.0 Å². The zero-order chi connectivity index (χ0) is 11.4. The summed E-state index contributed by atoms with van der Waals surface area (Å²) >= 11 is 0. The van der Waals surface area contributed by atoms with Crippen LogP contribution in [0.3, 0.4) is 0 Å². The van der Waals surface area contributed by atoms with Crippen LogP contribution in [0.2, 0.25) is 0 Å². The molecule has 16 heavy (non-hydrogen) atoms. The fourth-order valence-corrected chi connectivity index (χ4v) is 2.32. The Morgan fingerprint density at radius 3 is 3.19 bits per heavy atom. The number of nitrogens with zero attached hydrogens (tertiary/aromatic N) is 1. The van der Waals surface area contributed by atoms with E-state index in [9.17, 15) is 0 Å². The minimum Gasteiger partial charge on any atom is -0.381 e. The molecule has 0 bridgehead atoms. The van der Waals surface area contributed by atoms with Crippen LogP contribution in [0.5, 0.6) is 0 Å². The summed E-state index contributed by atoms with van der Waals surface area (Å²) in [6.07, 6.45) is 5.09. The van der Waals surface area contributed by atoms with Crippen LogP contribution >= 0.6 is 0 Å². The summed E-state index contributed by atoms with van der Waals surface area (Å²) in [5, 5.41) is 0. The second kappa shape index (κ2) is 5.41. The molecule has 2 N–H and O–H groups in total. The lowest BCUT2D eigenvalue weighted by molar-refractivity contribution is 0.0441. The van der Waals surface area contributed by atoms with E-state index in [0.29, 0.717) is 5.92 Å². The van der Waals surface area contributed by atoms with Crippen LogP contribution in [0.25, 0.3) is 0 Å². The van der Waals surface area contributed by atoms with Crippen molar-refractivity contribution < 1.29 is 4.74 Å². The van der Waals surface area contributed by atoms with E-state index in [1.807, 2.05) is 12.3 Å². The van der Waals surface area contributed by atoms with Gasteiger partial charge < -0.3 is 10.5 Å². The van der Waals surface area contributed by atoms with Gasteiger partial charge in [0, 0.05) is 18.7 Å². The number of hydrogen-bond acceptors (Lipinski definition) is 3. The van der Waals surface area contributed by atoms with E-state index in [1.165, 1.54) is 5.56 Å². The lowest BCUT2D eigenvalue weighted by Gasteiger charge is -2.28. The Morgan fingerprint density at radius 1 is 1.62 bits per heavy atom. The van der Waals surface area contributed by atoms with E-state index in [-0.39, 0.29) is 6.04 Å². The van der Waals surface area contributed by atoms with Crippen molar-refractivity contribution >= 4 is 0 Å². The van der Waals surface area contributed by atoms with Crippen LogP contribution in [-0.4, -0.2) is 18.2 Å². The van der Waals surface area contributed by atoms with Crippen molar-refractivity contribution in [2.45, 2.75) is 32.2 Å². The smallest absolute Gasteiger partial charge is 0.0606 e. The molecule has 2 rings (SSSR count). The van der Waals surface area contributed by atoms with Crippen molar-refractivity contribution in [2.24, 2.45) is 11.7 Å². The fourth-order valence-electron chi connectivity index (χ4n) is 2.32. The standard InChI is InChI=1S/C13H20N2O/c1-2-10-5-3-7-15-13(10)12(14)11-6-4-8-16-9-11/h3,5,7,11-12H,2,4,6,8-9,14H2,1H3. The summed E-state index contributed by atoms with van der Waals surface area (Å²) in [6.45, 7) is 3.80. The first kappa shape index (κ1) is 11.6. The van der Waals surface area contributed by atoms with Crippen molar-refractivity contribution in [3.63, 3.8) is 0 Å². The van der Waals surface area contributed by atoms with Gasteiger partial charge in [0.15, 0.2) is 0 Å². The molecule has 3 heteroatoms.